The molecule has 0 amide bonds. The number of nitrogens with zero attached hydrogens (tertiary/aromatic N) is 1. The van der Waals surface area contributed by atoms with E-state index in [2.05, 4.69) is 0 Å². The Balaban J connectivity index is 1.85. The van der Waals surface area contributed by atoms with Gasteiger partial charge in [-0.15, -0.1) is 0 Å². The van der Waals surface area contributed by atoms with Gasteiger partial charge in [-0.25, -0.2) is 0 Å². The maximum Gasteiger partial charge on any atom is 0.166 e. The predicted molar refractivity (Wildman–Crippen MR) is 110 cm³/mol. The summed E-state index contributed by atoms with van der Waals surface area (Å²) >= 11 is 0. The van der Waals surface area contributed by atoms with Gasteiger partial charge in [0.05, 0.1) is 14.2 Å². The van der Waals surface area contributed by atoms with Crippen LogP contribution in [0.25, 0.3) is 0 Å². The molecule has 1 saturated heterocycles. The molecule has 1 fully saturated rings. The fraction of sp³-hybridized carbons (Fsp3) is 0.458. The number of fused-ring (bicyclic) bond motifs is 1. The molecular formula is C24H29NO3. The van der Waals surface area contributed by atoms with Crippen molar-refractivity contribution in [1.29, 1.82) is 0 Å². The second-order valence-corrected chi connectivity index (χ2v) is 6.42. The maximum atomic E-state index is 13.5. The lowest BCUT2D eigenvalue weighted by molar-refractivity contribution is 0.0895. The summed E-state index contributed by atoms with van der Waals surface area (Å²) in [5.74, 6) is -6.20. The number of carbonyl (C=O) groups excluding carboxylic acids is 1. The zero-order valence-electron chi connectivity index (χ0n) is 27.6. The Kier molecular flexibility index (Phi) is 2.82. The zero-order chi connectivity index (χ0) is 30.3. The molecular weight excluding hydrogens is 350 g/mol. The van der Waals surface area contributed by atoms with E-state index in [1.807, 2.05) is 0 Å². The molecule has 4 rings (SSSR count). The van der Waals surface area contributed by atoms with Gasteiger partial charge in [-0.2, -0.15) is 0 Å². The van der Waals surface area contributed by atoms with E-state index in [-0.39, 0.29) is 27.5 Å². The van der Waals surface area contributed by atoms with Crippen LogP contribution in [-0.4, -0.2) is 37.9 Å². The minimum Gasteiger partial charge on any atom is -0.493 e. The van der Waals surface area contributed by atoms with Crippen molar-refractivity contribution >= 4 is 5.78 Å². The van der Waals surface area contributed by atoms with Gasteiger partial charge in [0.2, 0.25) is 0 Å². The molecule has 0 aromatic heterocycles. The molecule has 1 aliphatic carbocycles. The van der Waals surface area contributed by atoms with Gasteiger partial charge in [-0.05, 0) is 67.7 Å². The SMILES string of the molecule is [2H]C1(CC2([2H])C([2H])([2H])C([2H])([2H])N(C([2H])([2H])c3ccccc3)C([2H])([2H])C2([2H])[2H])Cc2cc(OC)c(OC)cc2C1=O. The molecule has 28 heavy (non-hydrogen) atoms. The monoisotopic (exact) mass is 391 g/mol. The Morgan fingerprint density at radius 1 is 1.14 bits per heavy atom. The van der Waals surface area contributed by atoms with Crippen molar-refractivity contribution in [2.75, 3.05) is 27.2 Å². The number of ketones is 1. The second kappa shape index (κ2) is 8.36. The summed E-state index contributed by atoms with van der Waals surface area (Å²) < 4.78 is 115. The Labute approximate surface area is 184 Å². The van der Waals surface area contributed by atoms with Crippen LogP contribution in [0.3, 0.4) is 0 Å². The third-order valence-corrected chi connectivity index (χ3v) is 4.62. The zero-order valence-corrected chi connectivity index (χ0v) is 15.6. The van der Waals surface area contributed by atoms with Gasteiger partial charge in [0.15, 0.2) is 17.3 Å². The van der Waals surface area contributed by atoms with Crippen molar-refractivity contribution in [2.24, 2.45) is 11.8 Å². The van der Waals surface area contributed by atoms with Crippen LogP contribution >= 0.6 is 0 Å². The molecule has 1 heterocycles. The fourth-order valence-electron chi connectivity index (χ4n) is 3.23. The molecule has 2 aromatic rings. The van der Waals surface area contributed by atoms with Crippen molar-refractivity contribution in [3.63, 3.8) is 0 Å². The number of likely N-dealkylation sites (tertiary alicyclic amines) is 1. The number of hydrogen-bond donors (Lipinski definition) is 0. The van der Waals surface area contributed by atoms with Gasteiger partial charge in [0, 0.05) is 34.4 Å². The first-order valence-corrected chi connectivity index (χ1v) is 8.83. The van der Waals surface area contributed by atoms with Crippen molar-refractivity contribution in [2.45, 2.75) is 32.1 Å². The summed E-state index contributed by atoms with van der Waals surface area (Å²) in [6, 6.07) is 9.60. The first-order valence-electron chi connectivity index (χ1n) is 14.8. The Hall–Kier alpha value is -2.33. The highest BCUT2D eigenvalue weighted by Crippen LogP contribution is 2.39. The molecule has 0 spiro atoms. The topological polar surface area (TPSA) is 38.8 Å². The van der Waals surface area contributed by atoms with E-state index < -0.39 is 62.6 Å². The van der Waals surface area contributed by atoms with Crippen molar-refractivity contribution in [1.82, 2.24) is 4.90 Å². The number of piperidine rings is 1. The van der Waals surface area contributed by atoms with Gasteiger partial charge >= 0.3 is 0 Å². The number of Topliss-reactive ketones (excluding diaryl/α,β-unsaturated/α-hetero) is 1. The van der Waals surface area contributed by atoms with Crippen molar-refractivity contribution in [3.05, 3.63) is 59.2 Å². The molecule has 0 saturated carbocycles. The first-order chi connectivity index (χ1) is 18.2. The molecule has 2 aromatic carbocycles. The summed E-state index contributed by atoms with van der Waals surface area (Å²) in [5, 5.41) is 0. The molecule has 2 aliphatic rings. The van der Waals surface area contributed by atoms with Gasteiger partial charge in [-0.1, -0.05) is 30.3 Å². The smallest absolute Gasteiger partial charge is 0.166 e. The van der Waals surface area contributed by atoms with E-state index >= 15 is 0 Å². The van der Waals surface area contributed by atoms with Crippen molar-refractivity contribution in [3.8, 4) is 11.5 Å². The standard InChI is InChI=1S/C24H29NO3/c1-27-22-14-19-13-20(24(26)21(19)15-23(22)28-2)12-17-8-10-25(11-9-17)16-18-6-4-3-5-7-18/h3-7,14-15,17,20H,8-13,16H2,1-2H3/i8D2,9D2,10D2,11D2,16D2,17D,20D. The van der Waals surface area contributed by atoms with Gasteiger partial charge in [0.1, 0.15) is 0 Å². The minimum atomic E-state index is -3.63. The van der Waals surface area contributed by atoms with Crippen LogP contribution in [0.4, 0.5) is 0 Å². The van der Waals surface area contributed by atoms with E-state index in [4.69, 9.17) is 25.9 Å². The number of benzene rings is 2. The van der Waals surface area contributed by atoms with Crippen LogP contribution in [-0.2, 0) is 12.9 Å². The lowest BCUT2D eigenvalue weighted by atomic mass is 9.85. The Bertz CT molecular complexity index is 1310. The third-order valence-electron chi connectivity index (χ3n) is 4.62. The van der Waals surface area contributed by atoms with E-state index in [1.165, 1.54) is 50.6 Å². The summed E-state index contributed by atoms with van der Waals surface area (Å²) in [7, 11) is 2.70. The van der Waals surface area contributed by atoms with Crippen LogP contribution in [0.2, 0.25) is 0 Å². The lowest BCUT2D eigenvalue weighted by Gasteiger charge is -2.32. The third kappa shape index (κ3) is 3.93. The minimum absolute atomic E-state index is 0.0150. The highest BCUT2D eigenvalue weighted by molar-refractivity contribution is 6.02. The molecule has 4 nitrogen and oxygen atoms in total. The van der Waals surface area contributed by atoms with E-state index in [9.17, 15) is 4.79 Å². The molecule has 0 N–H and O–H groups in total. The quantitative estimate of drug-likeness (QED) is 0.733. The van der Waals surface area contributed by atoms with Crippen molar-refractivity contribution < 1.29 is 30.7 Å². The van der Waals surface area contributed by atoms with Gasteiger partial charge < -0.3 is 9.47 Å². The summed E-state index contributed by atoms with van der Waals surface area (Å²) in [6.07, 6.45) is -8.88. The highest BCUT2D eigenvalue weighted by atomic mass is 16.5. The molecule has 1 unspecified atom stereocenters. The molecule has 1 atom stereocenters. The predicted octanol–water partition coefficient (Wildman–Crippen LogP) is 4.36. The molecule has 0 bridgehead atoms. The normalized spacial score (nSPS) is 38.0. The molecule has 4 heteroatoms. The van der Waals surface area contributed by atoms with Gasteiger partial charge in [0.25, 0.3) is 0 Å². The Morgan fingerprint density at radius 3 is 2.50 bits per heavy atom. The lowest BCUT2D eigenvalue weighted by Crippen LogP contribution is -2.34. The van der Waals surface area contributed by atoms with Crippen LogP contribution in [0.1, 0.15) is 57.1 Å². The first kappa shape index (κ1) is 9.45. The fourth-order valence-corrected chi connectivity index (χ4v) is 3.23. The average molecular weight is 392 g/mol. The van der Waals surface area contributed by atoms with E-state index in [0.717, 1.165) is 0 Å². The molecule has 1 aliphatic heterocycles. The van der Waals surface area contributed by atoms with Crippen LogP contribution < -0.4 is 9.47 Å². The number of ether oxygens (including phenoxy) is 2. The number of methoxy groups -OCH3 is 2. The summed E-state index contributed by atoms with van der Waals surface area (Å²) in [5.41, 5.74) is 0.0561. The number of hydrogen-bond acceptors (Lipinski definition) is 4. The Morgan fingerprint density at radius 2 is 1.82 bits per heavy atom. The summed E-state index contributed by atoms with van der Waals surface area (Å²) in [6.45, 7) is -10.3. The average Bonchev–Trinajstić information content (AvgIpc) is 3.10. The van der Waals surface area contributed by atoms with Crippen LogP contribution in [0.5, 0.6) is 11.5 Å². The molecule has 0 radical (unpaired) electrons. The largest absolute Gasteiger partial charge is 0.493 e. The second-order valence-electron chi connectivity index (χ2n) is 6.42. The highest BCUT2D eigenvalue weighted by Gasteiger charge is 2.34. The summed E-state index contributed by atoms with van der Waals surface area (Å²) in [4.78, 5) is 13.3. The number of carbonyl (C=O) groups is 1. The van der Waals surface area contributed by atoms with E-state index in [0.29, 0.717) is 5.56 Å². The van der Waals surface area contributed by atoms with Crippen LogP contribution in [0, 0.1) is 11.8 Å². The van der Waals surface area contributed by atoms with Gasteiger partial charge in [-0.3, -0.25) is 9.69 Å². The van der Waals surface area contributed by atoms with Crippen LogP contribution in [0.15, 0.2) is 42.5 Å². The maximum absolute atomic E-state index is 13.5. The van der Waals surface area contributed by atoms with E-state index in [1.54, 1.807) is 6.07 Å². The molecule has 148 valence electrons. The number of rotatable bonds is 6.